The van der Waals surface area contributed by atoms with Gasteiger partial charge in [0.15, 0.2) is 5.79 Å². The fourth-order valence-corrected chi connectivity index (χ4v) is 2.79. The standard InChI is InChI=1S/C15H20O4/c1-14(13-4-2-3-12(9-13)10-16)5-6-15(11-19-14)17-7-8-18-15/h2-4,9,16H,5-8,10-11H2,1H3. The van der Waals surface area contributed by atoms with Gasteiger partial charge in [0.1, 0.15) is 6.61 Å². The Hall–Kier alpha value is -0.940. The predicted octanol–water partition coefficient (Wildman–Crippen LogP) is 1.95. The van der Waals surface area contributed by atoms with Crippen LogP contribution in [0.3, 0.4) is 0 Å². The smallest absolute Gasteiger partial charge is 0.192 e. The van der Waals surface area contributed by atoms with E-state index in [1.165, 1.54) is 0 Å². The van der Waals surface area contributed by atoms with Crippen LogP contribution < -0.4 is 0 Å². The first-order valence-corrected chi connectivity index (χ1v) is 6.78. The van der Waals surface area contributed by atoms with Crippen molar-refractivity contribution < 1.29 is 19.3 Å². The van der Waals surface area contributed by atoms with Crippen molar-refractivity contribution in [2.24, 2.45) is 0 Å². The molecule has 2 fully saturated rings. The van der Waals surface area contributed by atoms with Crippen LogP contribution in [0.4, 0.5) is 0 Å². The van der Waals surface area contributed by atoms with Crippen molar-refractivity contribution in [2.75, 3.05) is 19.8 Å². The minimum absolute atomic E-state index is 0.0556. The van der Waals surface area contributed by atoms with Gasteiger partial charge in [-0.1, -0.05) is 24.3 Å². The van der Waals surface area contributed by atoms with Crippen LogP contribution >= 0.6 is 0 Å². The second-order valence-corrected chi connectivity index (χ2v) is 5.49. The number of benzene rings is 1. The zero-order valence-electron chi connectivity index (χ0n) is 11.2. The van der Waals surface area contributed by atoms with Crippen LogP contribution in [-0.2, 0) is 26.4 Å². The Labute approximate surface area is 113 Å². The molecule has 2 aliphatic heterocycles. The third-order valence-electron chi connectivity index (χ3n) is 4.13. The number of aliphatic hydroxyl groups is 1. The van der Waals surface area contributed by atoms with Crippen molar-refractivity contribution in [1.82, 2.24) is 0 Å². The highest BCUT2D eigenvalue weighted by atomic mass is 16.8. The number of ether oxygens (including phenoxy) is 3. The molecular formula is C15H20O4. The average Bonchev–Trinajstić information content (AvgIpc) is 2.92. The van der Waals surface area contributed by atoms with Crippen LogP contribution in [0.15, 0.2) is 24.3 Å². The summed E-state index contributed by atoms with van der Waals surface area (Å²) >= 11 is 0. The van der Waals surface area contributed by atoms with Gasteiger partial charge in [-0.2, -0.15) is 0 Å². The van der Waals surface area contributed by atoms with Gasteiger partial charge in [-0.05, 0) is 24.5 Å². The highest BCUT2D eigenvalue weighted by molar-refractivity contribution is 5.28. The molecule has 1 unspecified atom stereocenters. The van der Waals surface area contributed by atoms with E-state index in [4.69, 9.17) is 14.2 Å². The SMILES string of the molecule is CC1(c2cccc(CO)c2)CCC2(CO1)OCCO2. The number of aliphatic hydroxyl groups excluding tert-OH is 1. The van der Waals surface area contributed by atoms with Crippen molar-refractivity contribution >= 4 is 0 Å². The Morgan fingerprint density at radius 3 is 2.58 bits per heavy atom. The molecule has 3 rings (SSSR count). The van der Waals surface area contributed by atoms with Crippen LogP contribution in [0.5, 0.6) is 0 Å². The summed E-state index contributed by atoms with van der Waals surface area (Å²) in [5.41, 5.74) is 1.69. The van der Waals surface area contributed by atoms with E-state index in [-0.39, 0.29) is 12.2 Å². The van der Waals surface area contributed by atoms with Crippen LogP contribution in [0.1, 0.15) is 30.9 Å². The first kappa shape index (κ1) is 13.1. The topological polar surface area (TPSA) is 47.9 Å². The second kappa shape index (κ2) is 4.87. The Morgan fingerprint density at radius 1 is 1.16 bits per heavy atom. The molecular weight excluding hydrogens is 244 g/mol. The maximum atomic E-state index is 9.23. The molecule has 0 saturated carbocycles. The molecule has 1 N–H and O–H groups in total. The predicted molar refractivity (Wildman–Crippen MR) is 69.5 cm³/mol. The molecule has 2 aliphatic rings. The average molecular weight is 264 g/mol. The van der Waals surface area contributed by atoms with Crippen LogP contribution in [0.25, 0.3) is 0 Å². The molecule has 2 heterocycles. The summed E-state index contributed by atoms with van der Waals surface area (Å²) in [6.45, 7) is 3.92. The van der Waals surface area contributed by atoms with E-state index in [1.807, 2.05) is 24.3 Å². The molecule has 1 atom stereocenters. The Bertz CT molecular complexity index is 441. The Morgan fingerprint density at radius 2 is 1.95 bits per heavy atom. The zero-order valence-corrected chi connectivity index (χ0v) is 11.2. The summed E-state index contributed by atoms with van der Waals surface area (Å²) < 4.78 is 17.4. The van der Waals surface area contributed by atoms with Gasteiger partial charge in [0.2, 0.25) is 0 Å². The molecule has 0 aromatic heterocycles. The van der Waals surface area contributed by atoms with Crippen LogP contribution in [0.2, 0.25) is 0 Å². The molecule has 4 nitrogen and oxygen atoms in total. The lowest BCUT2D eigenvalue weighted by atomic mass is 9.86. The molecule has 104 valence electrons. The van der Waals surface area contributed by atoms with Gasteiger partial charge < -0.3 is 19.3 Å². The molecule has 1 aromatic carbocycles. The molecule has 2 saturated heterocycles. The maximum Gasteiger partial charge on any atom is 0.192 e. The lowest BCUT2D eigenvalue weighted by Crippen LogP contribution is -2.46. The fourth-order valence-electron chi connectivity index (χ4n) is 2.79. The molecule has 1 aromatic rings. The van der Waals surface area contributed by atoms with E-state index in [1.54, 1.807) is 0 Å². The van der Waals surface area contributed by atoms with Crippen molar-refractivity contribution in [2.45, 2.75) is 37.8 Å². The third kappa shape index (κ3) is 2.41. The van der Waals surface area contributed by atoms with E-state index >= 15 is 0 Å². The summed E-state index contributed by atoms with van der Waals surface area (Å²) in [5, 5.41) is 9.23. The highest BCUT2D eigenvalue weighted by Gasteiger charge is 2.45. The molecule has 0 aliphatic carbocycles. The van der Waals surface area contributed by atoms with Crippen LogP contribution in [0, 0.1) is 0 Å². The van der Waals surface area contributed by atoms with Gasteiger partial charge in [0, 0.05) is 6.42 Å². The van der Waals surface area contributed by atoms with Gasteiger partial charge in [-0.25, -0.2) is 0 Å². The van der Waals surface area contributed by atoms with Crippen LogP contribution in [-0.4, -0.2) is 30.7 Å². The lowest BCUT2D eigenvalue weighted by molar-refractivity contribution is -0.256. The molecule has 0 amide bonds. The van der Waals surface area contributed by atoms with E-state index in [0.717, 1.165) is 24.0 Å². The largest absolute Gasteiger partial charge is 0.392 e. The monoisotopic (exact) mass is 264 g/mol. The minimum atomic E-state index is -0.520. The van der Waals surface area contributed by atoms with Gasteiger partial charge in [-0.15, -0.1) is 0 Å². The zero-order chi connectivity index (χ0) is 13.3. The molecule has 1 spiro atoms. The maximum absolute atomic E-state index is 9.23. The minimum Gasteiger partial charge on any atom is -0.392 e. The Balaban J connectivity index is 1.77. The summed E-state index contributed by atoms with van der Waals surface area (Å²) in [6.07, 6.45) is 1.69. The third-order valence-corrected chi connectivity index (χ3v) is 4.13. The summed E-state index contributed by atoms with van der Waals surface area (Å²) in [7, 11) is 0. The Kier molecular flexibility index (Phi) is 3.35. The van der Waals surface area contributed by atoms with Gasteiger partial charge in [-0.3, -0.25) is 0 Å². The quantitative estimate of drug-likeness (QED) is 0.887. The number of rotatable bonds is 2. The molecule has 4 heteroatoms. The highest BCUT2D eigenvalue weighted by Crippen LogP contribution is 2.41. The van der Waals surface area contributed by atoms with Crippen molar-refractivity contribution in [3.8, 4) is 0 Å². The number of hydrogen-bond acceptors (Lipinski definition) is 4. The van der Waals surface area contributed by atoms with Crippen molar-refractivity contribution in [3.05, 3.63) is 35.4 Å². The molecule has 0 bridgehead atoms. The van der Waals surface area contributed by atoms with E-state index in [2.05, 4.69) is 6.92 Å². The number of hydrogen-bond donors (Lipinski definition) is 1. The van der Waals surface area contributed by atoms with Gasteiger partial charge in [0.25, 0.3) is 0 Å². The summed E-state index contributed by atoms with van der Waals surface area (Å²) in [6, 6.07) is 7.94. The lowest BCUT2D eigenvalue weighted by Gasteiger charge is -2.42. The van der Waals surface area contributed by atoms with Gasteiger partial charge in [0.05, 0.1) is 25.4 Å². The van der Waals surface area contributed by atoms with Crippen molar-refractivity contribution in [3.63, 3.8) is 0 Å². The van der Waals surface area contributed by atoms with Gasteiger partial charge >= 0.3 is 0 Å². The van der Waals surface area contributed by atoms with E-state index < -0.39 is 5.79 Å². The van der Waals surface area contributed by atoms with E-state index in [0.29, 0.717) is 19.8 Å². The molecule has 0 radical (unpaired) electrons. The summed E-state index contributed by atoms with van der Waals surface area (Å²) in [5.74, 6) is -0.520. The molecule has 19 heavy (non-hydrogen) atoms. The fraction of sp³-hybridized carbons (Fsp3) is 0.600. The van der Waals surface area contributed by atoms with E-state index in [9.17, 15) is 5.11 Å². The van der Waals surface area contributed by atoms with Crippen molar-refractivity contribution in [1.29, 1.82) is 0 Å². The second-order valence-electron chi connectivity index (χ2n) is 5.49. The normalized spacial score (nSPS) is 29.8. The first-order chi connectivity index (χ1) is 9.16. The summed E-state index contributed by atoms with van der Waals surface area (Å²) in [4.78, 5) is 0. The first-order valence-electron chi connectivity index (χ1n) is 6.78.